The number of cyclic esters (lactones) is 2. The van der Waals surface area contributed by atoms with Crippen LogP contribution in [0.15, 0.2) is 48.5 Å². The molecule has 0 saturated carbocycles. The molecule has 2 fully saturated rings. The number of hydrogen-bond acceptors (Lipinski definition) is 15. The minimum Gasteiger partial charge on any atom is -0.493 e. The van der Waals surface area contributed by atoms with Crippen LogP contribution >= 0.6 is 0 Å². The van der Waals surface area contributed by atoms with Gasteiger partial charge in [-0.1, -0.05) is 0 Å². The summed E-state index contributed by atoms with van der Waals surface area (Å²) in [6, 6.07) is 15.2. The van der Waals surface area contributed by atoms with E-state index < -0.39 is 12.0 Å². The lowest BCUT2D eigenvalue weighted by Gasteiger charge is -2.37. The summed E-state index contributed by atoms with van der Waals surface area (Å²) in [6.45, 7) is 0.928. The summed E-state index contributed by atoms with van der Waals surface area (Å²) in [5, 5.41) is 11.0. The highest BCUT2D eigenvalue weighted by Gasteiger charge is 2.53. The quantitative estimate of drug-likeness (QED) is 0.227. The molecule has 7 atom stereocenters. The summed E-state index contributed by atoms with van der Waals surface area (Å²) in [5.74, 6) is 3.52. The van der Waals surface area contributed by atoms with Gasteiger partial charge in [0.05, 0.1) is 73.8 Å². The maximum Gasteiger partial charge on any atom is 0.310 e. The van der Waals surface area contributed by atoms with E-state index in [1.807, 2.05) is 42.5 Å². The van der Waals surface area contributed by atoms with E-state index >= 15 is 0 Å². The second kappa shape index (κ2) is 15.2. The summed E-state index contributed by atoms with van der Waals surface area (Å²) >= 11 is 0. The van der Waals surface area contributed by atoms with E-state index in [-0.39, 0.29) is 61.7 Å². The van der Waals surface area contributed by atoms with E-state index in [0.717, 1.165) is 40.0 Å². The fraction of sp³-hybridized carbons (Fsp3) is 0.409. The van der Waals surface area contributed by atoms with Gasteiger partial charge in [0, 0.05) is 23.7 Å². The SMILES string of the molecule is COc1cc([C@@H]2c3cc4c(cc3C[C@H]3COC(=O)[C@@H]32)OCO4)cc(OC)c1OC.COc1cc([C@@H]2c3cc4c(cc3[C@H](O)[C@H]3COC(=O)[C@H]23)OCO4)cc(OC)c1OC. The summed E-state index contributed by atoms with van der Waals surface area (Å²) in [4.78, 5) is 25.4. The maximum absolute atomic E-state index is 12.7. The average molecular weight is 813 g/mol. The van der Waals surface area contributed by atoms with Crippen LogP contribution < -0.4 is 47.4 Å². The number of carbonyl (C=O) groups excluding carboxylic acids is 2. The number of aliphatic hydroxyl groups excluding tert-OH is 1. The molecule has 1 N–H and O–H groups in total. The fourth-order valence-corrected chi connectivity index (χ4v) is 9.60. The number of fused-ring (bicyclic) bond motifs is 6. The molecular formula is C44H44O15. The highest BCUT2D eigenvalue weighted by atomic mass is 16.7. The number of ether oxygens (including phenoxy) is 12. The molecule has 4 aromatic carbocycles. The molecule has 0 aromatic heterocycles. The lowest BCUT2D eigenvalue weighted by Crippen LogP contribution is -2.34. The van der Waals surface area contributed by atoms with Crippen LogP contribution in [0.2, 0.25) is 0 Å². The Morgan fingerprint density at radius 3 is 1.46 bits per heavy atom. The molecule has 15 heteroatoms. The van der Waals surface area contributed by atoms with Crippen LogP contribution in [0, 0.1) is 23.7 Å². The molecule has 6 aliphatic rings. The molecule has 0 bridgehead atoms. The second-order valence-electron chi connectivity index (χ2n) is 15.0. The van der Waals surface area contributed by atoms with Gasteiger partial charge in [-0.3, -0.25) is 9.59 Å². The Hall–Kier alpha value is -6.22. The third kappa shape index (κ3) is 6.21. The molecule has 0 spiro atoms. The van der Waals surface area contributed by atoms with Crippen LogP contribution in [0.5, 0.6) is 57.5 Å². The van der Waals surface area contributed by atoms with Gasteiger partial charge in [0.15, 0.2) is 46.0 Å². The Morgan fingerprint density at radius 2 is 0.949 bits per heavy atom. The van der Waals surface area contributed by atoms with E-state index in [4.69, 9.17) is 56.8 Å². The van der Waals surface area contributed by atoms with Gasteiger partial charge in [0.2, 0.25) is 25.1 Å². The molecule has 0 amide bonds. The van der Waals surface area contributed by atoms with Gasteiger partial charge in [-0.05, 0) is 88.3 Å². The summed E-state index contributed by atoms with van der Waals surface area (Å²) < 4.78 is 66.1. The van der Waals surface area contributed by atoms with Crippen LogP contribution in [-0.4, -0.2) is 86.5 Å². The minimum absolute atomic E-state index is 0.111. The Kier molecular flexibility index (Phi) is 9.86. The van der Waals surface area contributed by atoms with Gasteiger partial charge in [-0.15, -0.1) is 0 Å². The number of methoxy groups -OCH3 is 6. The van der Waals surface area contributed by atoms with Crippen molar-refractivity contribution in [2.45, 2.75) is 24.4 Å². The topological polar surface area (TPSA) is 165 Å². The molecule has 2 aliphatic carbocycles. The number of benzene rings is 4. The van der Waals surface area contributed by atoms with Gasteiger partial charge in [-0.2, -0.15) is 0 Å². The minimum atomic E-state index is -0.843. The molecule has 15 nitrogen and oxygen atoms in total. The number of rotatable bonds is 8. The first-order valence-corrected chi connectivity index (χ1v) is 19.2. The van der Waals surface area contributed by atoms with Gasteiger partial charge >= 0.3 is 11.9 Å². The van der Waals surface area contributed by atoms with Crippen molar-refractivity contribution in [3.63, 3.8) is 0 Å². The molecule has 4 aromatic rings. The highest BCUT2D eigenvalue weighted by Crippen LogP contribution is 2.56. The monoisotopic (exact) mass is 812 g/mol. The van der Waals surface area contributed by atoms with Crippen molar-refractivity contribution in [3.05, 3.63) is 81.9 Å². The zero-order valence-electron chi connectivity index (χ0n) is 33.4. The molecule has 310 valence electrons. The van der Waals surface area contributed by atoms with Crippen molar-refractivity contribution >= 4 is 11.9 Å². The molecule has 59 heavy (non-hydrogen) atoms. The predicted molar refractivity (Wildman–Crippen MR) is 206 cm³/mol. The van der Waals surface area contributed by atoms with Crippen molar-refractivity contribution in [3.8, 4) is 57.5 Å². The van der Waals surface area contributed by atoms with Crippen LogP contribution in [0.4, 0.5) is 0 Å². The van der Waals surface area contributed by atoms with Crippen molar-refractivity contribution in [1.29, 1.82) is 0 Å². The van der Waals surface area contributed by atoms with Crippen LogP contribution in [0.3, 0.4) is 0 Å². The van der Waals surface area contributed by atoms with E-state index in [0.29, 0.717) is 63.9 Å². The van der Waals surface area contributed by atoms with Crippen molar-refractivity contribution in [2.24, 2.45) is 23.7 Å². The fourth-order valence-electron chi connectivity index (χ4n) is 9.60. The number of carbonyl (C=O) groups is 2. The summed E-state index contributed by atoms with van der Waals surface area (Å²) in [7, 11) is 9.37. The number of hydrogen-bond donors (Lipinski definition) is 1. The van der Waals surface area contributed by atoms with Crippen LogP contribution in [-0.2, 0) is 25.5 Å². The lowest BCUT2D eigenvalue weighted by atomic mass is 9.66. The Bertz CT molecular complexity index is 2270. The Balaban J connectivity index is 0.000000152. The van der Waals surface area contributed by atoms with Gasteiger partial charge < -0.3 is 61.9 Å². The van der Waals surface area contributed by atoms with E-state index in [1.165, 1.54) is 7.11 Å². The zero-order valence-corrected chi connectivity index (χ0v) is 33.4. The molecule has 0 radical (unpaired) electrons. The molecule has 2 saturated heterocycles. The summed E-state index contributed by atoms with van der Waals surface area (Å²) in [5.41, 5.74) is 5.40. The lowest BCUT2D eigenvalue weighted by molar-refractivity contribution is -0.142. The molecule has 4 aliphatic heterocycles. The maximum atomic E-state index is 12.7. The smallest absolute Gasteiger partial charge is 0.310 e. The van der Waals surface area contributed by atoms with Gasteiger partial charge in [-0.25, -0.2) is 0 Å². The van der Waals surface area contributed by atoms with E-state index in [9.17, 15) is 14.7 Å². The number of esters is 2. The average Bonchev–Trinajstić information content (AvgIpc) is 4.08. The van der Waals surface area contributed by atoms with Crippen molar-refractivity contribution in [1.82, 2.24) is 0 Å². The van der Waals surface area contributed by atoms with Crippen molar-refractivity contribution in [2.75, 3.05) is 69.5 Å². The highest BCUT2D eigenvalue weighted by molar-refractivity contribution is 5.80. The Labute approximate surface area is 339 Å². The third-order valence-corrected chi connectivity index (χ3v) is 12.3. The van der Waals surface area contributed by atoms with E-state index in [1.54, 1.807) is 41.6 Å². The first-order chi connectivity index (χ1) is 28.7. The van der Waals surface area contributed by atoms with E-state index in [2.05, 4.69) is 0 Å². The zero-order chi connectivity index (χ0) is 41.1. The third-order valence-electron chi connectivity index (χ3n) is 12.3. The van der Waals surface area contributed by atoms with Gasteiger partial charge in [0.1, 0.15) is 0 Å². The summed E-state index contributed by atoms with van der Waals surface area (Å²) in [6.07, 6.45) is -0.0761. The Morgan fingerprint density at radius 1 is 0.508 bits per heavy atom. The van der Waals surface area contributed by atoms with Crippen LogP contribution in [0.25, 0.3) is 0 Å². The molecular weight excluding hydrogens is 768 g/mol. The largest absolute Gasteiger partial charge is 0.493 e. The molecule has 0 unspecified atom stereocenters. The molecule has 4 heterocycles. The predicted octanol–water partition coefficient (Wildman–Crippen LogP) is 5.33. The first kappa shape index (κ1) is 38.3. The van der Waals surface area contributed by atoms with Gasteiger partial charge in [0.25, 0.3) is 0 Å². The molecule has 10 rings (SSSR count). The first-order valence-electron chi connectivity index (χ1n) is 19.2. The van der Waals surface area contributed by atoms with Crippen LogP contribution in [0.1, 0.15) is 51.3 Å². The van der Waals surface area contributed by atoms with Crippen molar-refractivity contribution < 1.29 is 71.5 Å². The number of aliphatic hydroxyl groups is 1. The second-order valence-corrected chi connectivity index (χ2v) is 15.0. The normalized spacial score (nSPS) is 24.9. The standard InChI is InChI=1S/C22H22O8.C22H22O7/c1-25-16-4-10(5-17(26-2)21(16)27-3)18-11-6-14-15(30-9-29-14)7-12(11)20(23)13-8-28-22(24)19(13)18;1-24-17-6-12(7-18(25-2)21(17)26-3)19-14-8-16-15(28-10-29-16)5-11(14)4-13-9-27-22(23)20(13)19/h4-7,13,18-20,23H,8-9H2,1-3H3;5-8,13,19-20H,4,9-10H2,1-3H3/t13-,18+,19-,20-;13-,19+,20-/m00/s1.